The molecule has 0 aliphatic rings. The molecule has 0 aliphatic carbocycles. The van der Waals surface area contributed by atoms with Gasteiger partial charge >= 0.3 is 0 Å². The van der Waals surface area contributed by atoms with E-state index in [2.05, 4.69) is 20.6 Å². The van der Waals surface area contributed by atoms with Gasteiger partial charge in [0.15, 0.2) is 0 Å². The molecule has 3 rings (SSSR count). The van der Waals surface area contributed by atoms with Crippen LogP contribution >= 0.6 is 0 Å². The molecule has 8 nitrogen and oxygen atoms in total. The smallest absolute Gasteiger partial charge is 0.274 e. The normalized spacial score (nSPS) is 10.7. The van der Waals surface area contributed by atoms with Crippen molar-refractivity contribution in [2.75, 3.05) is 0 Å². The number of aromatic amines is 1. The molecule has 2 heterocycles. The van der Waals surface area contributed by atoms with Crippen LogP contribution in [-0.4, -0.2) is 25.9 Å². The lowest BCUT2D eigenvalue weighted by atomic mass is 10.1. The predicted molar refractivity (Wildman–Crippen MR) is 83.0 cm³/mol. The number of hydrogen-bond acceptors (Lipinski definition) is 5. The molecular weight excluding hydrogens is 298 g/mol. The van der Waals surface area contributed by atoms with Gasteiger partial charge in [-0.05, 0) is 12.1 Å². The highest BCUT2D eigenvalue weighted by atomic mass is 16.2. The van der Waals surface area contributed by atoms with Crippen molar-refractivity contribution >= 4 is 16.7 Å². The Morgan fingerprint density at radius 2 is 1.91 bits per heavy atom. The van der Waals surface area contributed by atoms with E-state index in [0.717, 1.165) is 0 Å². The van der Waals surface area contributed by atoms with E-state index in [1.165, 1.54) is 16.8 Å². The van der Waals surface area contributed by atoms with Crippen molar-refractivity contribution in [3.8, 4) is 0 Å². The van der Waals surface area contributed by atoms with Gasteiger partial charge in [0.2, 0.25) is 0 Å². The quantitative estimate of drug-likeness (QED) is 0.704. The summed E-state index contributed by atoms with van der Waals surface area (Å²) in [5.41, 5.74) is 0.0875. The molecule has 0 unspecified atom stereocenters. The fourth-order valence-corrected chi connectivity index (χ4v) is 2.23. The van der Waals surface area contributed by atoms with E-state index in [1.54, 1.807) is 31.3 Å². The van der Waals surface area contributed by atoms with Gasteiger partial charge in [-0.15, -0.1) is 0 Å². The van der Waals surface area contributed by atoms with E-state index in [-0.39, 0.29) is 23.4 Å². The molecule has 116 valence electrons. The zero-order valence-corrected chi connectivity index (χ0v) is 12.2. The summed E-state index contributed by atoms with van der Waals surface area (Å²) in [7, 11) is 1.56. The molecular formula is C15H13N5O3. The number of nitrogens with zero attached hydrogens (tertiary/aromatic N) is 3. The zero-order chi connectivity index (χ0) is 16.4. The van der Waals surface area contributed by atoms with E-state index < -0.39 is 5.91 Å². The number of H-pyrrole nitrogens is 1. The minimum absolute atomic E-state index is 0.0960. The Bertz CT molecular complexity index is 985. The number of aromatic nitrogens is 4. The Balaban J connectivity index is 1.89. The molecule has 0 atom stereocenters. The summed E-state index contributed by atoms with van der Waals surface area (Å²) in [4.78, 5) is 35.0. The van der Waals surface area contributed by atoms with Gasteiger partial charge in [0.25, 0.3) is 17.0 Å². The van der Waals surface area contributed by atoms with Crippen LogP contribution in [0.1, 0.15) is 16.2 Å². The fraction of sp³-hybridized carbons (Fsp3) is 0.133. The summed E-state index contributed by atoms with van der Waals surface area (Å²) in [5.74, 6) is -0.444. The molecule has 0 bridgehead atoms. The molecule has 1 aromatic carbocycles. The average Bonchev–Trinajstić information content (AvgIpc) is 2.57. The first-order valence-electron chi connectivity index (χ1n) is 6.85. The SMILES string of the molecule is Cn1nc(CNC(=O)c2ccc(=O)[nH]n2)c2ccccc2c1=O. The number of amides is 1. The van der Waals surface area contributed by atoms with Gasteiger partial charge in [-0.25, -0.2) is 9.78 Å². The third kappa shape index (κ3) is 2.86. The maximum atomic E-state index is 12.0. The number of hydrogen-bond donors (Lipinski definition) is 2. The first-order chi connectivity index (χ1) is 11.1. The topological polar surface area (TPSA) is 110 Å². The standard InChI is InChI=1S/C15H13N5O3/c1-20-15(23)10-5-3-2-4-9(10)12(19-20)8-16-14(22)11-6-7-13(21)18-17-11/h2-7H,8H2,1H3,(H,16,22)(H,18,21). The second-order valence-electron chi connectivity index (χ2n) is 4.91. The van der Waals surface area contributed by atoms with Crippen LogP contribution in [-0.2, 0) is 13.6 Å². The van der Waals surface area contributed by atoms with Crippen LogP contribution < -0.4 is 16.4 Å². The van der Waals surface area contributed by atoms with E-state index in [0.29, 0.717) is 16.5 Å². The third-order valence-electron chi connectivity index (χ3n) is 3.36. The predicted octanol–water partition coefficient (Wildman–Crippen LogP) is -0.0532. The largest absolute Gasteiger partial charge is 0.345 e. The minimum atomic E-state index is -0.444. The first kappa shape index (κ1) is 14.6. The van der Waals surface area contributed by atoms with Gasteiger partial charge in [-0.2, -0.15) is 10.2 Å². The summed E-state index contributed by atoms with van der Waals surface area (Å²) in [5, 5.41) is 13.9. The Kier molecular flexibility index (Phi) is 3.71. The molecule has 0 spiro atoms. The van der Waals surface area contributed by atoms with Crippen LogP contribution in [0.2, 0.25) is 0 Å². The number of carbonyl (C=O) groups is 1. The molecule has 1 amide bonds. The number of nitrogens with one attached hydrogen (secondary N) is 2. The van der Waals surface area contributed by atoms with Crippen molar-refractivity contribution in [2.24, 2.45) is 7.05 Å². The summed E-state index contributed by atoms with van der Waals surface area (Å²) in [6.07, 6.45) is 0. The maximum absolute atomic E-state index is 12.0. The van der Waals surface area contributed by atoms with Crippen LogP contribution in [0.4, 0.5) is 0 Å². The van der Waals surface area contributed by atoms with Gasteiger partial charge < -0.3 is 5.32 Å². The van der Waals surface area contributed by atoms with Gasteiger partial charge in [-0.3, -0.25) is 14.4 Å². The van der Waals surface area contributed by atoms with Gasteiger partial charge in [0, 0.05) is 18.5 Å². The van der Waals surface area contributed by atoms with Crippen molar-refractivity contribution in [1.29, 1.82) is 0 Å². The molecule has 0 fully saturated rings. The molecule has 3 aromatic rings. The number of benzene rings is 1. The second-order valence-corrected chi connectivity index (χ2v) is 4.91. The first-order valence-corrected chi connectivity index (χ1v) is 6.85. The Labute approximate surface area is 129 Å². The third-order valence-corrected chi connectivity index (χ3v) is 3.36. The molecule has 8 heteroatoms. The zero-order valence-electron chi connectivity index (χ0n) is 12.2. The molecule has 0 aliphatic heterocycles. The number of fused-ring (bicyclic) bond motifs is 1. The average molecular weight is 311 g/mol. The van der Waals surface area contributed by atoms with Gasteiger partial charge in [0.05, 0.1) is 17.6 Å². The lowest BCUT2D eigenvalue weighted by molar-refractivity contribution is 0.0944. The monoisotopic (exact) mass is 311 g/mol. The Hall–Kier alpha value is -3.29. The van der Waals surface area contributed by atoms with E-state index >= 15 is 0 Å². The van der Waals surface area contributed by atoms with Crippen molar-refractivity contribution in [2.45, 2.75) is 6.54 Å². The highest BCUT2D eigenvalue weighted by Crippen LogP contribution is 2.12. The maximum Gasteiger partial charge on any atom is 0.274 e. The van der Waals surface area contributed by atoms with Crippen LogP contribution in [0.25, 0.3) is 10.8 Å². The number of carbonyl (C=O) groups excluding carboxylic acids is 1. The van der Waals surface area contributed by atoms with Crippen LogP contribution in [0.15, 0.2) is 46.0 Å². The van der Waals surface area contributed by atoms with Crippen LogP contribution in [0, 0.1) is 0 Å². The summed E-state index contributed by atoms with van der Waals surface area (Å²) in [6.45, 7) is 0.133. The van der Waals surface area contributed by atoms with Crippen LogP contribution in [0.3, 0.4) is 0 Å². The highest BCUT2D eigenvalue weighted by Gasteiger charge is 2.11. The van der Waals surface area contributed by atoms with Crippen molar-refractivity contribution in [1.82, 2.24) is 25.3 Å². The number of aryl methyl sites for hydroxylation is 1. The summed E-state index contributed by atoms with van der Waals surface area (Å²) in [6, 6.07) is 9.63. The lowest BCUT2D eigenvalue weighted by Crippen LogP contribution is -2.28. The van der Waals surface area contributed by atoms with E-state index in [1.807, 2.05) is 0 Å². The second kappa shape index (κ2) is 5.84. The minimum Gasteiger partial charge on any atom is -0.345 e. The van der Waals surface area contributed by atoms with Gasteiger partial charge in [0.1, 0.15) is 5.69 Å². The summed E-state index contributed by atoms with van der Waals surface area (Å²) >= 11 is 0. The molecule has 2 aromatic heterocycles. The van der Waals surface area contributed by atoms with Crippen LogP contribution in [0.5, 0.6) is 0 Å². The highest BCUT2D eigenvalue weighted by molar-refractivity contribution is 5.92. The molecule has 2 N–H and O–H groups in total. The Morgan fingerprint density at radius 3 is 2.61 bits per heavy atom. The van der Waals surface area contributed by atoms with Crippen molar-refractivity contribution < 1.29 is 4.79 Å². The van der Waals surface area contributed by atoms with Crippen molar-refractivity contribution in [3.05, 3.63) is 68.5 Å². The van der Waals surface area contributed by atoms with E-state index in [4.69, 9.17) is 0 Å². The fourth-order valence-electron chi connectivity index (χ4n) is 2.23. The lowest BCUT2D eigenvalue weighted by Gasteiger charge is -2.09. The van der Waals surface area contributed by atoms with Gasteiger partial charge in [-0.1, -0.05) is 18.2 Å². The van der Waals surface area contributed by atoms with E-state index in [9.17, 15) is 14.4 Å². The molecule has 0 saturated carbocycles. The molecule has 0 radical (unpaired) electrons. The molecule has 23 heavy (non-hydrogen) atoms. The van der Waals surface area contributed by atoms with Crippen molar-refractivity contribution in [3.63, 3.8) is 0 Å². The Morgan fingerprint density at radius 1 is 1.17 bits per heavy atom. The summed E-state index contributed by atoms with van der Waals surface area (Å²) < 4.78 is 1.24. The number of rotatable bonds is 3. The molecule has 0 saturated heterocycles.